The number of rotatable bonds is 10. The van der Waals surface area contributed by atoms with Gasteiger partial charge in [-0.15, -0.1) is 0 Å². The van der Waals surface area contributed by atoms with E-state index < -0.39 is 75.0 Å². The lowest BCUT2D eigenvalue weighted by molar-refractivity contribution is -0.168. The number of hydrogen-bond donors (Lipinski definition) is 2. The van der Waals surface area contributed by atoms with Gasteiger partial charge in [-0.25, -0.2) is 19.2 Å². The average Bonchev–Trinajstić information content (AvgIpc) is 1.62. The molecule has 2 atom stereocenters. The maximum atomic E-state index is 12.8. The number of esters is 3. The highest BCUT2D eigenvalue weighted by Crippen LogP contribution is 2.49. The van der Waals surface area contributed by atoms with E-state index in [4.69, 9.17) is 33.2 Å². The Kier molecular flexibility index (Phi) is 31.6. The standard InChI is InChI=1S/C20H28BrNO5.C19H26BrNO5.C18H21NO4.C13H23NO4.C7H5BrO/c1-5-26-17(24)20(16(23)14-8-6-7-9-15(14)21)10-12-22(13-11-20)18(25)27-19(2,3)4;1-18(2,3)26-17(24)21-11-9-19(10-12-21,16(23)25-4)15(22)13-7-5-6-8-14(13)20;1-17(2,3)23-16(22)19-10-8-18(9-11-19)14(20)12-6-4-5-7-13(12)15(18)21;1-5-17-11(15)10-6-8-14(9-7-10)12(16)18-13(2,3)4;8-7-4-2-1-3-6(7)5-9/h6-9,16,23H,5,10-13H2,1-4H3;5-8,15,22H,9-12H2,1-4H3;4-7H,8-11H2,1-3H3;10H,5-9H2,1-4H3;1-5H. The number of aliphatic hydroxyl groups excluding tert-OH is 2. The van der Waals surface area contributed by atoms with Crippen molar-refractivity contribution >= 4 is 108 Å². The SMILES string of the molecule is CC(C)(C)OC(=O)N1CCC2(CC1)C(=O)c1ccccc1C2=O.CCOC(=O)C1(C(O)c2ccccc2Br)CCN(C(=O)OC(C)(C)C)CC1.CCOC(=O)C1CCN(C(=O)OC(C)(C)C)CC1.COC(=O)C1(C(O)c2ccccc2Br)CCN(C(=O)OC(C)(C)C)CC1.O=Cc1ccccc1Br. The van der Waals surface area contributed by atoms with Gasteiger partial charge in [0, 0.05) is 82.5 Å². The van der Waals surface area contributed by atoms with Gasteiger partial charge in [-0.2, -0.15) is 0 Å². The number of fused-ring (bicyclic) bond motifs is 1. The van der Waals surface area contributed by atoms with Gasteiger partial charge >= 0.3 is 42.3 Å². The van der Waals surface area contributed by atoms with Gasteiger partial charge in [0.1, 0.15) is 38.6 Å². The highest BCUT2D eigenvalue weighted by atomic mass is 79.9. The van der Waals surface area contributed by atoms with Crippen LogP contribution in [0.3, 0.4) is 0 Å². The molecule has 9 rings (SSSR count). The number of ether oxygens (including phenoxy) is 7. The van der Waals surface area contributed by atoms with Gasteiger partial charge in [-0.05, 0) is 178 Å². The Morgan fingerprint density at radius 3 is 1.09 bits per heavy atom. The van der Waals surface area contributed by atoms with Crippen LogP contribution in [-0.2, 0) is 47.5 Å². The number of aldehydes is 1. The number of carbonyl (C=O) groups excluding carboxylic acids is 10. The largest absolute Gasteiger partial charge is 0.469 e. The zero-order chi connectivity index (χ0) is 77.1. The van der Waals surface area contributed by atoms with Crippen LogP contribution in [0.25, 0.3) is 0 Å². The van der Waals surface area contributed by atoms with E-state index in [-0.39, 0.29) is 42.2 Å². The van der Waals surface area contributed by atoms with Crippen molar-refractivity contribution in [3.8, 4) is 0 Å². The number of likely N-dealkylation sites (tertiary alicyclic amines) is 4. The van der Waals surface area contributed by atoms with Crippen molar-refractivity contribution in [3.05, 3.63) is 138 Å². The van der Waals surface area contributed by atoms with Crippen molar-refractivity contribution < 1.29 is 91.3 Å². The molecule has 4 aromatic carbocycles. The van der Waals surface area contributed by atoms with Gasteiger partial charge in [0.2, 0.25) is 0 Å². The molecule has 5 aliphatic rings. The first-order valence-electron chi connectivity index (χ1n) is 34.7. The second-order valence-electron chi connectivity index (χ2n) is 29.7. The number of ketones is 2. The predicted octanol–water partition coefficient (Wildman–Crippen LogP) is 15.3. The Bertz CT molecular complexity index is 3540. The Labute approximate surface area is 631 Å². The molecule has 103 heavy (non-hydrogen) atoms. The number of piperidine rings is 4. The van der Waals surface area contributed by atoms with Crippen LogP contribution < -0.4 is 0 Å². The van der Waals surface area contributed by atoms with E-state index in [9.17, 15) is 58.2 Å². The molecule has 1 aliphatic carbocycles. The van der Waals surface area contributed by atoms with E-state index in [1.165, 1.54) is 7.11 Å². The third-order valence-corrected chi connectivity index (χ3v) is 19.9. The molecule has 4 fully saturated rings. The second kappa shape index (κ2) is 37.6. The molecular formula is C77H103Br3N4O19. The molecule has 4 saturated heterocycles. The third-order valence-electron chi connectivity index (χ3n) is 17.7. The molecule has 0 aromatic heterocycles. The summed E-state index contributed by atoms with van der Waals surface area (Å²) in [5.74, 6) is -1.32. The Morgan fingerprint density at radius 1 is 0.466 bits per heavy atom. The van der Waals surface area contributed by atoms with Gasteiger partial charge in [0.25, 0.3) is 0 Å². The van der Waals surface area contributed by atoms with Gasteiger partial charge in [0.15, 0.2) is 17.9 Å². The summed E-state index contributed by atoms with van der Waals surface area (Å²) in [7, 11) is 1.32. The fourth-order valence-electron chi connectivity index (χ4n) is 12.3. The second-order valence-corrected chi connectivity index (χ2v) is 32.3. The van der Waals surface area contributed by atoms with E-state index >= 15 is 0 Å². The first-order valence-corrected chi connectivity index (χ1v) is 37.1. The average molecular weight is 1630 g/mol. The number of amides is 4. The Hall–Kier alpha value is -7.26. The van der Waals surface area contributed by atoms with Crippen molar-refractivity contribution in [1.29, 1.82) is 0 Å². The molecule has 0 saturated carbocycles. The summed E-state index contributed by atoms with van der Waals surface area (Å²) >= 11 is 10.1. The molecule has 4 heterocycles. The van der Waals surface area contributed by atoms with Gasteiger partial charge in [0.05, 0.1) is 38.4 Å². The lowest BCUT2D eigenvalue weighted by atomic mass is 9.71. The number of hydrogen-bond acceptors (Lipinski definition) is 19. The molecule has 2 unspecified atom stereocenters. The molecule has 4 aliphatic heterocycles. The zero-order valence-electron chi connectivity index (χ0n) is 62.0. The van der Waals surface area contributed by atoms with E-state index in [1.807, 2.05) is 138 Å². The smallest absolute Gasteiger partial charge is 0.410 e. The summed E-state index contributed by atoms with van der Waals surface area (Å²) < 4.78 is 39.1. The summed E-state index contributed by atoms with van der Waals surface area (Å²) in [5, 5.41) is 22.1. The lowest BCUT2D eigenvalue weighted by Gasteiger charge is -2.42. The van der Waals surface area contributed by atoms with Crippen LogP contribution in [0.5, 0.6) is 0 Å². The number of aliphatic hydroxyl groups is 2. The summed E-state index contributed by atoms with van der Waals surface area (Å²) in [6.45, 7) is 29.1. The molecule has 26 heteroatoms. The fourth-order valence-corrected chi connectivity index (χ4v) is 13.7. The first-order chi connectivity index (χ1) is 48.1. The summed E-state index contributed by atoms with van der Waals surface area (Å²) in [4.78, 5) is 128. The molecule has 4 amide bonds. The number of Topliss-reactive ketones (excluding diaryl/α,β-unsaturated/α-hetero) is 2. The number of halogens is 3. The maximum Gasteiger partial charge on any atom is 0.410 e. The monoisotopic (exact) mass is 1620 g/mol. The van der Waals surface area contributed by atoms with Crippen molar-refractivity contribution in [1.82, 2.24) is 19.6 Å². The van der Waals surface area contributed by atoms with Crippen LogP contribution >= 0.6 is 47.8 Å². The lowest BCUT2D eigenvalue weighted by Crippen LogP contribution is -2.51. The Morgan fingerprint density at radius 2 is 0.777 bits per heavy atom. The molecule has 4 aromatic rings. The molecule has 0 radical (unpaired) electrons. The predicted molar refractivity (Wildman–Crippen MR) is 397 cm³/mol. The minimum Gasteiger partial charge on any atom is -0.469 e. The van der Waals surface area contributed by atoms with Crippen molar-refractivity contribution in [3.63, 3.8) is 0 Å². The van der Waals surface area contributed by atoms with Crippen molar-refractivity contribution in [2.75, 3.05) is 72.7 Å². The summed E-state index contributed by atoms with van der Waals surface area (Å²) in [6.07, 6.45) is 0.454. The van der Waals surface area contributed by atoms with Gasteiger partial charge in [-0.3, -0.25) is 28.8 Å². The van der Waals surface area contributed by atoms with Crippen LogP contribution in [0.1, 0.15) is 203 Å². The normalized spacial score (nSPS) is 17.6. The number of nitrogens with zero attached hydrogens (tertiary/aromatic N) is 4. The molecule has 2 N–H and O–H groups in total. The number of benzene rings is 4. The van der Waals surface area contributed by atoms with Gasteiger partial charge < -0.3 is 63.0 Å². The van der Waals surface area contributed by atoms with Crippen LogP contribution in [0.4, 0.5) is 19.2 Å². The van der Waals surface area contributed by atoms with E-state index in [2.05, 4.69) is 47.8 Å². The maximum absolute atomic E-state index is 12.8. The number of carbonyl (C=O) groups is 10. The van der Waals surface area contributed by atoms with Crippen LogP contribution in [-0.4, -0.2) is 185 Å². The quantitative estimate of drug-likeness (QED) is 0.0645. The first kappa shape index (κ1) is 86.4. The number of methoxy groups -OCH3 is 1. The third kappa shape index (κ3) is 23.9. The molecular weight excluding hydrogens is 1520 g/mol. The van der Waals surface area contributed by atoms with Crippen molar-refractivity contribution in [2.24, 2.45) is 22.2 Å². The minimum absolute atomic E-state index is 0.0800. The highest BCUT2D eigenvalue weighted by Gasteiger charge is 2.55. The van der Waals surface area contributed by atoms with Crippen LogP contribution in [0.15, 0.2) is 110 Å². The highest BCUT2D eigenvalue weighted by molar-refractivity contribution is 9.11. The fraction of sp³-hybridized carbons (Fsp3) is 0.558. The molecule has 566 valence electrons. The topological polar surface area (TPSA) is 289 Å². The van der Waals surface area contributed by atoms with Crippen LogP contribution in [0.2, 0.25) is 0 Å². The van der Waals surface area contributed by atoms with Gasteiger partial charge in [-0.1, -0.05) is 127 Å². The zero-order valence-corrected chi connectivity index (χ0v) is 66.8. The van der Waals surface area contributed by atoms with E-state index in [1.54, 1.807) is 75.9 Å². The van der Waals surface area contributed by atoms with E-state index in [0.717, 1.165) is 19.7 Å². The van der Waals surface area contributed by atoms with Crippen molar-refractivity contribution in [2.45, 2.75) is 183 Å². The molecule has 1 spiro atoms. The minimum atomic E-state index is -1.10. The Balaban J connectivity index is 0.000000239. The van der Waals surface area contributed by atoms with E-state index in [0.29, 0.717) is 138 Å². The summed E-state index contributed by atoms with van der Waals surface area (Å²) in [5.41, 5.74) is -2.39. The molecule has 23 nitrogen and oxygen atoms in total. The molecule has 0 bridgehead atoms. The summed E-state index contributed by atoms with van der Waals surface area (Å²) in [6, 6.07) is 28.8. The van der Waals surface area contributed by atoms with Crippen LogP contribution in [0, 0.1) is 22.2 Å².